The molecule has 0 unspecified atom stereocenters. The summed E-state index contributed by atoms with van der Waals surface area (Å²) in [5, 5.41) is 4.98. The predicted octanol–water partition coefficient (Wildman–Crippen LogP) is 11.6. The molecule has 8 aromatic rings. The first kappa shape index (κ1) is 23.2. The van der Waals surface area contributed by atoms with Gasteiger partial charge in [0.25, 0.3) is 0 Å². The Hall–Kier alpha value is -4.66. The van der Waals surface area contributed by atoms with Gasteiger partial charge in [0.15, 0.2) is 0 Å². The van der Waals surface area contributed by atoms with Crippen LogP contribution in [0.1, 0.15) is 11.1 Å². The van der Waals surface area contributed by atoms with E-state index < -0.39 is 0 Å². The molecule has 0 aliphatic heterocycles. The fraction of sp³-hybridized carbons (Fsp3) is 0.0526. The summed E-state index contributed by atoms with van der Waals surface area (Å²) in [5.41, 5.74) is 11.8. The zero-order valence-electron chi connectivity index (χ0n) is 22.4. The van der Waals surface area contributed by atoms with Crippen molar-refractivity contribution in [2.24, 2.45) is 0 Å². The zero-order valence-corrected chi connectivity index (χ0v) is 23.2. The summed E-state index contributed by atoms with van der Waals surface area (Å²) in [4.78, 5) is 0. The summed E-state index contributed by atoms with van der Waals surface area (Å²) < 4.78 is 9.16. The third-order valence-electron chi connectivity index (χ3n) is 8.14. The third-order valence-corrected chi connectivity index (χ3v) is 9.51. The molecule has 40 heavy (non-hydrogen) atoms. The number of benzene rings is 6. The van der Waals surface area contributed by atoms with Gasteiger partial charge in [0, 0.05) is 36.5 Å². The number of hydrogen-bond acceptors (Lipinski definition) is 2. The van der Waals surface area contributed by atoms with Crippen molar-refractivity contribution < 1.29 is 4.42 Å². The number of hydrogen-bond donors (Lipinski definition) is 0. The molecule has 1 nitrogen and oxygen atoms in total. The van der Waals surface area contributed by atoms with Crippen molar-refractivity contribution >= 4 is 53.4 Å². The first-order valence-electron chi connectivity index (χ1n) is 13.7. The van der Waals surface area contributed by atoms with Crippen LogP contribution in [-0.4, -0.2) is 0 Å². The molecule has 0 aliphatic carbocycles. The minimum atomic E-state index is 0.921. The van der Waals surface area contributed by atoms with Crippen molar-refractivity contribution in [3.05, 3.63) is 132 Å². The van der Waals surface area contributed by atoms with Gasteiger partial charge in [-0.05, 0) is 77.1 Å². The van der Waals surface area contributed by atoms with E-state index in [4.69, 9.17) is 4.42 Å². The minimum Gasteiger partial charge on any atom is -0.456 e. The molecule has 0 saturated heterocycles. The SMILES string of the molecule is Cc1cc2c(cc1-c1ccc3c(sc4c(C)cccc43)c1-c1ccccc1)oc1ccc(-c3ccccc3)cc12. The van der Waals surface area contributed by atoms with E-state index in [1.54, 1.807) is 0 Å². The van der Waals surface area contributed by atoms with E-state index in [2.05, 4.69) is 135 Å². The summed E-state index contributed by atoms with van der Waals surface area (Å²) in [6.07, 6.45) is 0. The van der Waals surface area contributed by atoms with Gasteiger partial charge in [-0.2, -0.15) is 0 Å². The van der Waals surface area contributed by atoms with E-state index >= 15 is 0 Å². The molecule has 8 rings (SSSR count). The molecule has 0 N–H and O–H groups in total. The molecular formula is C38H26OS. The van der Waals surface area contributed by atoms with Crippen LogP contribution in [0.3, 0.4) is 0 Å². The first-order valence-corrected chi connectivity index (χ1v) is 14.5. The third kappa shape index (κ3) is 3.53. The van der Waals surface area contributed by atoms with Gasteiger partial charge in [0.2, 0.25) is 0 Å². The highest BCUT2D eigenvalue weighted by atomic mass is 32.1. The van der Waals surface area contributed by atoms with Gasteiger partial charge in [-0.15, -0.1) is 11.3 Å². The normalized spacial score (nSPS) is 11.8. The van der Waals surface area contributed by atoms with Gasteiger partial charge in [0.1, 0.15) is 11.2 Å². The lowest BCUT2D eigenvalue weighted by Crippen LogP contribution is -1.89. The molecule has 0 radical (unpaired) electrons. The van der Waals surface area contributed by atoms with Crippen LogP contribution in [0, 0.1) is 13.8 Å². The van der Waals surface area contributed by atoms with Crippen molar-refractivity contribution in [1.29, 1.82) is 0 Å². The van der Waals surface area contributed by atoms with Crippen molar-refractivity contribution in [2.75, 3.05) is 0 Å². The summed E-state index contributed by atoms with van der Waals surface area (Å²) >= 11 is 1.91. The molecule has 0 saturated carbocycles. The van der Waals surface area contributed by atoms with Gasteiger partial charge in [-0.1, -0.05) is 97.1 Å². The Kier molecular flexibility index (Phi) is 5.20. The number of thiophene rings is 1. The quantitative estimate of drug-likeness (QED) is 0.221. The fourth-order valence-electron chi connectivity index (χ4n) is 6.15. The standard InChI is InChI=1S/C38H26OS/c1-23-10-9-15-29-30-18-17-28(36(38(30)40-37(23)29)26-13-7-4-8-14-26)31-22-35-32(20-24(31)2)33-21-27(16-19-34(33)39-35)25-11-5-3-6-12-25/h3-22H,1-2H3. The van der Waals surface area contributed by atoms with Crippen LogP contribution in [0.15, 0.2) is 126 Å². The summed E-state index contributed by atoms with van der Waals surface area (Å²) in [6, 6.07) is 43.7. The second kappa shape index (κ2) is 8.94. The second-order valence-corrected chi connectivity index (χ2v) is 11.6. The van der Waals surface area contributed by atoms with Crippen LogP contribution >= 0.6 is 11.3 Å². The lowest BCUT2D eigenvalue weighted by molar-refractivity contribution is 0.669. The molecular weight excluding hydrogens is 504 g/mol. The molecule has 0 amide bonds. The molecule has 2 aromatic heterocycles. The summed E-state index contributed by atoms with van der Waals surface area (Å²) in [6.45, 7) is 4.44. The second-order valence-electron chi connectivity index (χ2n) is 10.6. The van der Waals surface area contributed by atoms with Crippen molar-refractivity contribution in [3.8, 4) is 33.4 Å². The highest BCUT2D eigenvalue weighted by Gasteiger charge is 2.19. The van der Waals surface area contributed by atoms with Gasteiger partial charge < -0.3 is 4.42 Å². The van der Waals surface area contributed by atoms with Crippen LogP contribution in [0.25, 0.3) is 75.5 Å². The Morgan fingerprint density at radius 2 is 1.18 bits per heavy atom. The maximum absolute atomic E-state index is 6.46. The van der Waals surface area contributed by atoms with Crippen molar-refractivity contribution in [2.45, 2.75) is 13.8 Å². The van der Waals surface area contributed by atoms with Gasteiger partial charge in [0.05, 0.1) is 0 Å². The number of aryl methyl sites for hydroxylation is 2. The molecule has 2 heterocycles. The van der Waals surface area contributed by atoms with E-state index in [0.29, 0.717) is 0 Å². The zero-order chi connectivity index (χ0) is 26.8. The Morgan fingerprint density at radius 1 is 0.450 bits per heavy atom. The lowest BCUT2D eigenvalue weighted by atomic mass is 9.90. The highest BCUT2D eigenvalue weighted by Crippen LogP contribution is 2.47. The number of furan rings is 1. The van der Waals surface area contributed by atoms with E-state index in [1.165, 1.54) is 64.7 Å². The smallest absolute Gasteiger partial charge is 0.136 e. The molecule has 0 fully saturated rings. The highest BCUT2D eigenvalue weighted by molar-refractivity contribution is 7.26. The average Bonchev–Trinajstić information content (AvgIpc) is 3.55. The summed E-state index contributed by atoms with van der Waals surface area (Å²) in [7, 11) is 0. The van der Waals surface area contributed by atoms with Crippen molar-refractivity contribution in [3.63, 3.8) is 0 Å². The fourth-order valence-corrected chi connectivity index (χ4v) is 7.49. The topological polar surface area (TPSA) is 13.1 Å². The Morgan fingerprint density at radius 3 is 1.98 bits per heavy atom. The van der Waals surface area contributed by atoms with Gasteiger partial charge in [-0.3, -0.25) is 0 Å². The van der Waals surface area contributed by atoms with Crippen molar-refractivity contribution in [1.82, 2.24) is 0 Å². The average molecular weight is 531 g/mol. The van der Waals surface area contributed by atoms with E-state index in [1.807, 2.05) is 11.3 Å². The van der Waals surface area contributed by atoms with Crippen LogP contribution in [-0.2, 0) is 0 Å². The first-order chi connectivity index (χ1) is 19.7. The Balaban J connectivity index is 1.39. The van der Waals surface area contributed by atoms with Gasteiger partial charge >= 0.3 is 0 Å². The molecule has 190 valence electrons. The molecule has 0 bridgehead atoms. The van der Waals surface area contributed by atoms with E-state index in [9.17, 15) is 0 Å². The number of fused-ring (bicyclic) bond motifs is 6. The maximum atomic E-state index is 6.46. The van der Waals surface area contributed by atoms with Crippen LogP contribution in [0.5, 0.6) is 0 Å². The lowest BCUT2D eigenvalue weighted by Gasteiger charge is -2.14. The molecule has 0 spiro atoms. The Labute approximate surface area is 236 Å². The maximum Gasteiger partial charge on any atom is 0.136 e. The van der Waals surface area contributed by atoms with Crippen LogP contribution < -0.4 is 0 Å². The molecule has 6 aromatic carbocycles. The largest absolute Gasteiger partial charge is 0.456 e. The minimum absolute atomic E-state index is 0.921. The Bertz CT molecular complexity index is 2220. The molecule has 2 heteroatoms. The van der Waals surface area contributed by atoms with Crippen LogP contribution in [0.2, 0.25) is 0 Å². The predicted molar refractivity (Wildman–Crippen MR) is 172 cm³/mol. The molecule has 0 atom stereocenters. The van der Waals surface area contributed by atoms with Crippen LogP contribution in [0.4, 0.5) is 0 Å². The summed E-state index contributed by atoms with van der Waals surface area (Å²) in [5.74, 6) is 0. The van der Waals surface area contributed by atoms with E-state index in [0.717, 1.165) is 21.9 Å². The monoisotopic (exact) mass is 530 g/mol. The molecule has 0 aliphatic rings. The van der Waals surface area contributed by atoms with E-state index in [-0.39, 0.29) is 0 Å². The van der Waals surface area contributed by atoms with Gasteiger partial charge in [-0.25, -0.2) is 0 Å². The number of rotatable bonds is 3.